The lowest BCUT2D eigenvalue weighted by Gasteiger charge is -2.33. The van der Waals surface area contributed by atoms with Gasteiger partial charge in [-0.25, -0.2) is 0 Å². The van der Waals surface area contributed by atoms with Gasteiger partial charge in [-0.3, -0.25) is 14.7 Å². The van der Waals surface area contributed by atoms with Gasteiger partial charge in [-0.05, 0) is 51.8 Å². The highest BCUT2D eigenvalue weighted by Gasteiger charge is 2.19. The average Bonchev–Trinajstić information content (AvgIpc) is 2.74. The number of hydrogen-bond acceptors (Lipinski definition) is 3. The van der Waals surface area contributed by atoms with E-state index in [9.17, 15) is 4.79 Å². The number of nitrogens with zero attached hydrogens (tertiary/aromatic N) is 2. The van der Waals surface area contributed by atoms with E-state index in [4.69, 9.17) is 4.98 Å². The van der Waals surface area contributed by atoms with E-state index in [2.05, 4.69) is 54.4 Å². The minimum absolute atomic E-state index is 0.0174. The molecule has 4 rings (SSSR count). The number of nitrogens with one attached hydrogen (secondary N) is 1. The number of aryl methyl sites for hydroxylation is 2. The van der Waals surface area contributed by atoms with E-state index >= 15 is 0 Å². The summed E-state index contributed by atoms with van der Waals surface area (Å²) < 4.78 is 0. The first-order chi connectivity index (χ1) is 14.5. The van der Waals surface area contributed by atoms with E-state index < -0.39 is 0 Å². The molecule has 2 heterocycles. The quantitative estimate of drug-likeness (QED) is 0.645. The molecule has 1 aliphatic heterocycles. The van der Waals surface area contributed by atoms with Crippen LogP contribution in [0.25, 0.3) is 22.0 Å². The summed E-state index contributed by atoms with van der Waals surface area (Å²) in [5.41, 5.74) is 5.86. The minimum Gasteiger partial charge on any atom is -0.351 e. The molecule has 0 unspecified atom stereocenters. The number of piperidine rings is 1. The third-order valence-electron chi connectivity index (χ3n) is 6.20. The Morgan fingerprint density at radius 2 is 1.93 bits per heavy atom. The predicted molar refractivity (Wildman–Crippen MR) is 124 cm³/mol. The second-order valence-corrected chi connectivity index (χ2v) is 8.52. The third kappa shape index (κ3) is 4.39. The fourth-order valence-electron chi connectivity index (χ4n) is 4.43. The van der Waals surface area contributed by atoms with Gasteiger partial charge in [0.05, 0.1) is 11.1 Å². The maximum atomic E-state index is 13.1. The van der Waals surface area contributed by atoms with Crippen molar-refractivity contribution in [2.75, 3.05) is 19.6 Å². The van der Waals surface area contributed by atoms with Crippen molar-refractivity contribution in [1.29, 1.82) is 0 Å². The first kappa shape index (κ1) is 20.5. The molecule has 156 valence electrons. The molecule has 0 radical (unpaired) electrons. The Hall–Kier alpha value is -2.72. The molecular formula is C26H31N3O. The van der Waals surface area contributed by atoms with Crippen LogP contribution in [0.2, 0.25) is 0 Å². The number of benzene rings is 2. The number of hydrogen-bond donors (Lipinski definition) is 1. The van der Waals surface area contributed by atoms with Gasteiger partial charge < -0.3 is 5.32 Å². The Kier molecular flexibility index (Phi) is 6.14. The van der Waals surface area contributed by atoms with Crippen LogP contribution in [0.15, 0.2) is 48.5 Å². The summed E-state index contributed by atoms with van der Waals surface area (Å²) >= 11 is 0. The van der Waals surface area contributed by atoms with Crippen LogP contribution in [-0.2, 0) is 0 Å². The van der Waals surface area contributed by atoms with Crippen LogP contribution in [0.4, 0.5) is 0 Å². The number of aromatic nitrogens is 1. The first-order valence-electron chi connectivity index (χ1n) is 11.0. The van der Waals surface area contributed by atoms with Crippen LogP contribution >= 0.6 is 0 Å². The van der Waals surface area contributed by atoms with Gasteiger partial charge >= 0.3 is 0 Å². The van der Waals surface area contributed by atoms with E-state index in [1.807, 2.05) is 25.1 Å². The fraction of sp³-hybridized carbons (Fsp3) is 0.385. The maximum absolute atomic E-state index is 13.1. The van der Waals surface area contributed by atoms with Crippen LogP contribution in [0.3, 0.4) is 0 Å². The number of para-hydroxylation sites is 1. The molecule has 1 fully saturated rings. The molecule has 4 nitrogen and oxygen atoms in total. The molecule has 1 saturated heterocycles. The van der Waals surface area contributed by atoms with Crippen molar-refractivity contribution in [3.05, 3.63) is 65.4 Å². The van der Waals surface area contributed by atoms with E-state index in [1.165, 1.54) is 24.8 Å². The highest BCUT2D eigenvalue weighted by atomic mass is 16.1. The van der Waals surface area contributed by atoms with Crippen LogP contribution in [0, 0.1) is 13.8 Å². The van der Waals surface area contributed by atoms with Crippen molar-refractivity contribution in [2.45, 2.75) is 46.1 Å². The van der Waals surface area contributed by atoms with Crippen molar-refractivity contribution in [1.82, 2.24) is 15.2 Å². The molecule has 1 amide bonds. The zero-order valence-corrected chi connectivity index (χ0v) is 18.2. The summed E-state index contributed by atoms with van der Waals surface area (Å²) in [6.07, 6.45) is 3.83. The van der Waals surface area contributed by atoms with Gasteiger partial charge in [-0.1, -0.05) is 54.4 Å². The van der Waals surface area contributed by atoms with Crippen LogP contribution < -0.4 is 5.32 Å². The second-order valence-electron chi connectivity index (χ2n) is 8.52. The van der Waals surface area contributed by atoms with Gasteiger partial charge in [-0.15, -0.1) is 0 Å². The fourth-order valence-corrected chi connectivity index (χ4v) is 4.43. The van der Waals surface area contributed by atoms with Gasteiger partial charge in [0.25, 0.3) is 5.91 Å². The maximum Gasteiger partial charge on any atom is 0.252 e. The number of fused-ring (bicyclic) bond motifs is 1. The molecular weight excluding hydrogens is 370 g/mol. The van der Waals surface area contributed by atoms with Gasteiger partial charge in [0.1, 0.15) is 0 Å². The average molecular weight is 402 g/mol. The Bertz CT molecular complexity index is 1040. The van der Waals surface area contributed by atoms with Crippen molar-refractivity contribution >= 4 is 16.8 Å². The number of rotatable bonds is 5. The Labute approximate surface area is 179 Å². The Morgan fingerprint density at radius 1 is 1.13 bits per heavy atom. The zero-order chi connectivity index (χ0) is 21.1. The van der Waals surface area contributed by atoms with Crippen LogP contribution in [0.1, 0.15) is 47.8 Å². The summed E-state index contributed by atoms with van der Waals surface area (Å²) in [7, 11) is 0. The number of pyridine rings is 1. The highest BCUT2D eigenvalue weighted by molar-refractivity contribution is 6.09. The van der Waals surface area contributed by atoms with Crippen LogP contribution in [-0.4, -0.2) is 41.5 Å². The first-order valence-corrected chi connectivity index (χ1v) is 11.0. The molecule has 4 heteroatoms. The molecule has 1 atom stereocenters. The van der Waals surface area contributed by atoms with E-state index in [-0.39, 0.29) is 5.91 Å². The normalized spacial score (nSPS) is 17.2. The largest absolute Gasteiger partial charge is 0.351 e. The lowest BCUT2D eigenvalue weighted by atomic mass is 9.98. The molecule has 30 heavy (non-hydrogen) atoms. The lowest BCUT2D eigenvalue weighted by molar-refractivity contribution is 0.0940. The van der Waals surface area contributed by atoms with Gasteiger partial charge in [-0.2, -0.15) is 0 Å². The monoisotopic (exact) mass is 401 g/mol. The van der Waals surface area contributed by atoms with Crippen molar-refractivity contribution < 1.29 is 4.79 Å². The summed E-state index contributed by atoms with van der Waals surface area (Å²) in [5.74, 6) is -0.0174. The molecule has 1 N–H and O–H groups in total. The number of likely N-dealkylation sites (tertiary alicyclic amines) is 1. The molecule has 0 saturated carbocycles. The minimum atomic E-state index is -0.0174. The number of carbonyl (C=O) groups is 1. The zero-order valence-electron chi connectivity index (χ0n) is 18.2. The highest BCUT2D eigenvalue weighted by Crippen LogP contribution is 2.30. The molecule has 3 aromatic rings. The topological polar surface area (TPSA) is 45.2 Å². The summed E-state index contributed by atoms with van der Waals surface area (Å²) in [6.45, 7) is 9.04. The van der Waals surface area contributed by atoms with Gasteiger partial charge in [0, 0.05) is 35.8 Å². The molecule has 0 aliphatic carbocycles. The standard InChI is InChI=1S/C26H31N3O/c1-18-10-12-21(13-11-18)22-8-6-9-23-24(17-19(2)28-25(22)23)26(30)27-14-16-29-15-5-4-7-20(29)3/h6,8-13,17,20H,4-5,7,14-16H2,1-3H3,(H,27,30)/t20-/m1/s1. The van der Waals surface area contributed by atoms with Crippen molar-refractivity contribution in [2.24, 2.45) is 0 Å². The van der Waals surface area contributed by atoms with Crippen LogP contribution in [0.5, 0.6) is 0 Å². The summed E-state index contributed by atoms with van der Waals surface area (Å²) in [4.78, 5) is 20.3. The van der Waals surface area contributed by atoms with Gasteiger partial charge in [0.15, 0.2) is 0 Å². The van der Waals surface area contributed by atoms with Gasteiger partial charge in [0.2, 0.25) is 0 Å². The molecule has 1 aliphatic rings. The molecule has 0 spiro atoms. The van der Waals surface area contributed by atoms with E-state index in [0.717, 1.165) is 40.8 Å². The second kappa shape index (κ2) is 8.97. The SMILES string of the molecule is Cc1ccc(-c2cccc3c(C(=O)NCCN4CCCC[C@H]4C)cc(C)nc23)cc1. The molecule has 2 aromatic carbocycles. The Morgan fingerprint density at radius 3 is 2.70 bits per heavy atom. The summed E-state index contributed by atoms with van der Waals surface area (Å²) in [5, 5.41) is 4.05. The number of carbonyl (C=O) groups excluding carboxylic acids is 1. The molecule has 1 aromatic heterocycles. The number of amides is 1. The molecule has 0 bridgehead atoms. The lowest BCUT2D eigenvalue weighted by Crippen LogP contribution is -2.42. The van der Waals surface area contributed by atoms with E-state index in [1.54, 1.807) is 0 Å². The Balaban J connectivity index is 1.58. The van der Waals surface area contributed by atoms with Crippen molar-refractivity contribution in [3.63, 3.8) is 0 Å². The smallest absolute Gasteiger partial charge is 0.252 e. The van der Waals surface area contributed by atoms with Crippen molar-refractivity contribution in [3.8, 4) is 11.1 Å². The predicted octanol–water partition coefficient (Wildman–Crippen LogP) is 5.12. The summed E-state index contributed by atoms with van der Waals surface area (Å²) in [6, 6.07) is 17.1. The third-order valence-corrected chi connectivity index (χ3v) is 6.20. The van der Waals surface area contributed by atoms with E-state index in [0.29, 0.717) is 18.2 Å².